The molecular weight excluding hydrogens is 418 g/mol. The molecule has 0 aliphatic heterocycles. The van der Waals surface area contributed by atoms with Crippen LogP contribution in [-0.4, -0.2) is 4.57 Å². The Labute approximate surface area is 196 Å². The van der Waals surface area contributed by atoms with Crippen LogP contribution in [0.2, 0.25) is 0 Å². The largest absolute Gasteiger partial charge is 0.309 e. The Morgan fingerprint density at radius 2 is 1.30 bits per heavy atom. The highest BCUT2D eigenvalue weighted by Crippen LogP contribution is 2.41. The van der Waals surface area contributed by atoms with Gasteiger partial charge in [0.15, 0.2) is 0 Å². The van der Waals surface area contributed by atoms with Gasteiger partial charge in [0.25, 0.3) is 0 Å². The molecule has 0 atom stereocenters. The third-order valence-electron chi connectivity index (χ3n) is 6.68. The normalized spacial score (nSPS) is 11.8. The van der Waals surface area contributed by atoms with Crippen LogP contribution < -0.4 is 0 Å². The minimum absolute atomic E-state index is 1.20. The van der Waals surface area contributed by atoms with E-state index in [0.717, 1.165) is 0 Å². The van der Waals surface area contributed by atoms with Gasteiger partial charge in [-0.25, -0.2) is 0 Å². The molecule has 0 N–H and O–H groups in total. The van der Waals surface area contributed by atoms with Crippen LogP contribution in [0.3, 0.4) is 0 Å². The summed E-state index contributed by atoms with van der Waals surface area (Å²) in [6.07, 6.45) is 0. The first kappa shape index (κ1) is 18.7. The second kappa shape index (κ2) is 7.06. The van der Waals surface area contributed by atoms with Gasteiger partial charge in [-0.05, 0) is 54.4 Å². The van der Waals surface area contributed by atoms with Crippen LogP contribution in [0.1, 0.15) is 5.56 Å². The zero-order chi connectivity index (χ0) is 21.9. The van der Waals surface area contributed by atoms with Crippen LogP contribution in [0.15, 0.2) is 109 Å². The van der Waals surface area contributed by atoms with Gasteiger partial charge in [-0.15, -0.1) is 11.3 Å². The summed E-state index contributed by atoms with van der Waals surface area (Å²) < 4.78 is 5.09. The smallest absolute Gasteiger partial charge is 0.0541 e. The molecule has 2 heteroatoms. The van der Waals surface area contributed by atoms with Gasteiger partial charge in [-0.3, -0.25) is 0 Å². The van der Waals surface area contributed by atoms with E-state index < -0.39 is 0 Å². The molecule has 1 nitrogen and oxygen atoms in total. The number of benzene rings is 5. The fraction of sp³-hybridized carbons (Fsp3) is 0.0323. The number of fused-ring (bicyclic) bond motifs is 6. The molecule has 0 bridgehead atoms. The van der Waals surface area contributed by atoms with Crippen molar-refractivity contribution in [2.45, 2.75) is 6.92 Å². The Morgan fingerprint density at radius 3 is 2.18 bits per heavy atom. The zero-order valence-electron chi connectivity index (χ0n) is 18.2. The number of aromatic nitrogens is 1. The van der Waals surface area contributed by atoms with Gasteiger partial charge in [0.05, 0.1) is 11.0 Å². The first-order valence-corrected chi connectivity index (χ1v) is 12.1. The van der Waals surface area contributed by atoms with E-state index in [2.05, 4.69) is 121 Å². The van der Waals surface area contributed by atoms with Gasteiger partial charge in [0.2, 0.25) is 0 Å². The molecule has 0 saturated carbocycles. The van der Waals surface area contributed by atoms with E-state index in [-0.39, 0.29) is 0 Å². The summed E-state index contributed by atoms with van der Waals surface area (Å²) in [5.74, 6) is 0. The highest BCUT2D eigenvalue weighted by Gasteiger charge is 2.15. The van der Waals surface area contributed by atoms with Crippen molar-refractivity contribution in [3.8, 4) is 16.8 Å². The average molecular weight is 440 g/mol. The molecule has 0 aliphatic carbocycles. The lowest BCUT2D eigenvalue weighted by atomic mass is 10.0. The number of rotatable bonds is 2. The van der Waals surface area contributed by atoms with E-state index in [9.17, 15) is 0 Å². The van der Waals surface area contributed by atoms with Crippen molar-refractivity contribution >= 4 is 53.3 Å². The first-order chi connectivity index (χ1) is 16.3. The second-order valence-corrected chi connectivity index (χ2v) is 9.75. The lowest BCUT2D eigenvalue weighted by Crippen LogP contribution is -1.93. The Hall–Kier alpha value is -3.88. The van der Waals surface area contributed by atoms with E-state index in [1.165, 1.54) is 64.4 Å². The van der Waals surface area contributed by atoms with Gasteiger partial charge in [0.1, 0.15) is 0 Å². The molecule has 0 fully saturated rings. The molecule has 5 aromatic carbocycles. The molecule has 2 heterocycles. The highest BCUT2D eigenvalue weighted by atomic mass is 32.1. The molecule has 0 saturated heterocycles. The van der Waals surface area contributed by atoms with Gasteiger partial charge in [0, 0.05) is 36.6 Å². The molecule has 0 radical (unpaired) electrons. The number of aryl methyl sites for hydroxylation is 1. The first-order valence-electron chi connectivity index (χ1n) is 11.3. The molecule has 33 heavy (non-hydrogen) atoms. The standard InChI is InChI=1S/C31H21NS/c1-20-13-16-22(17-14-20)32-28-11-4-2-7-24(28)27-19-21(15-18-29(27)32)23-9-6-10-26-25-8-3-5-12-30(25)33-31(23)26/h2-19H,1H3. The minimum Gasteiger partial charge on any atom is -0.309 e. The molecule has 0 aliphatic rings. The van der Waals surface area contributed by atoms with Crippen LogP contribution in [-0.2, 0) is 0 Å². The topological polar surface area (TPSA) is 4.93 Å². The fourth-order valence-electron chi connectivity index (χ4n) is 5.09. The van der Waals surface area contributed by atoms with Crippen molar-refractivity contribution in [2.75, 3.05) is 0 Å². The predicted molar refractivity (Wildman–Crippen MR) is 144 cm³/mol. The number of hydrogen-bond donors (Lipinski definition) is 0. The van der Waals surface area contributed by atoms with Crippen molar-refractivity contribution in [2.24, 2.45) is 0 Å². The average Bonchev–Trinajstić information content (AvgIpc) is 3.40. The van der Waals surface area contributed by atoms with Gasteiger partial charge >= 0.3 is 0 Å². The minimum atomic E-state index is 1.20. The zero-order valence-corrected chi connectivity index (χ0v) is 19.1. The van der Waals surface area contributed by atoms with Crippen molar-refractivity contribution < 1.29 is 0 Å². The lowest BCUT2D eigenvalue weighted by molar-refractivity contribution is 1.17. The number of hydrogen-bond acceptors (Lipinski definition) is 1. The van der Waals surface area contributed by atoms with Crippen LogP contribution in [0.4, 0.5) is 0 Å². The molecular formula is C31H21NS. The highest BCUT2D eigenvalue weighted by molar-refractivity contribution is 7.26. The monoisotopic (exact) mass is 439 g/mol. The maximum Gasteiger partial charge on any atom is 0.0541 e. The Morgan fingerprint density at radius 1 is 0.576 bits per heavy atom. The maximum absolute atomic E-state index is 2.38. The van der Waals surface area contributed by atoms with Crippen molar-refractivity contribution in [1.29, 1.82) is 0 Å². The summed E-state index contributed by atoms with van der Waals surface area (Å²) in [7, 11) is 0. The number of thiophene rings is 1. The summed E-state index contributed by atoms with van der Waals surface area (Å²) in [6, 6.07) is 39.9. The third kappa shape index (κ3) is 2.78. The second-order valence-electron chi connectivity index (χ2n) is 8.70. The summed E-state index contributed by atoms with van der Waals surface area (Å²) in [6.45, 7) is 2.14. The van der Waals surface area contributed by atoms with Gasteiger partial charge < -0.3 is 4.57 Å². The van der Waals surface area contributed by atoms with Crippen molar-refractivity contribution in [1.82, 2.24) is 4.57 Å². The Bertz CT molecular complexity index is 1820. The molecule has 2 aromatic heterocycles. The molecule has 0 unspecified atom stereocenters. The fourth-order valence-corrected chi connectivity index (χ4v) is 6.33. The van der Waals surface area contributed by atoms with Crippen LogP contribution in [0.5, 0.6) is 0 Å². The predicted octanol–water partition coefficient (Wildman–Crippen LogP) is 9.13. The summed E-state index contributed by atoms with van der Waals surface area (Å²) in [5.41, 5.74) is 7.54. The summed E-state index contributed by atoms with van der Waals surface area (Å²) in [4.78, 5) is 0. The van der Waals surface area contributed by atoms with E-state index in [1.54, 1.807) is 0 Å². The van der Waals surface area contributed by atoms with E-state index >= 15 is 0 Å². The van der Waals surface area contributed by atoms with Crippen molar-refractivity contribution in [3.63, 3.8) is 0 Å². The van der Waals surface area contributed by atoms with Gasteiger partial charge in [-0.1, -0.05) is 78.4 Å². The molecule has 7 rings (SSSR count). The molecule has 0 amide bonds. The van der Waals surface area contributed by atoms with E-state index in [4.69, 9.17) is 0 Å². The van der Waals surface area contributed by atoms with Crippen LogP contribution in [0.25, 0.3) is 58.8 Å². The SMILES string of the molecule is Cc1ccc(-n2c3ccccc3c3cc(-c4cccc5c4sc4ccccc45)ccc32)cc1. The third-order valence-corrected chi connectivity index (χ3v) is 7.90. The van der Waals surface area contributed by atoms with E-state index in [0.29, 0.717) is 0 Å². The number of para-hydroxylation sites is 1. The van der Waals surface area contributed by atoms with Crippen LogP contribution in [0, 0.1) is 6.92 Å². The van der Waals surface area contributed by atoms with E-state index in [1.807, 2.05) is 11.3 Å². The molecule has 7 aromatic rings. The summed E-state index contributed by atoms with van der Waals surface area (Å²) in [5, 5.41) is 5.27. The Balaban J connectivity index is 1.52. The number of nitrogens with zero attached hydrogens (tertiary/aromatic N) is 1. The van der Waals surface area contributed by atoms with Crippen LogP contribution >= 0.6 is 11.3 Å². The van der Waals surface area contributed by atoms with Gasteiger partial charge in [-0.2, -0.15) is 0 Å². The maximum atomic E-state index is 2.38. The summed E-state index contributed by atoms with van der Waals surface area (Å²) >= 11 is 1.89. The quantitative estimate of drug-likeness (QED) is 0.253. The molecule has 0 spiro atoms. The lowest BCUT2D eigenvalue weighted by Gasteiger charge is -2.09. The van der Waals surface area contributed by atoms with Crippen molar-refractivity contribution in [3.05, 3.63) is 115 Å². The Kier molecular flexibility index (Phi) is 3.99. The molecule has 156 valence electrons.